The predicted octanol–water partition coefficient (Wildman–Crippen LogP) is 3.88. The van der Waals surface area contributed by atoms with Crippen molar-refractivity contribution < 1.29 is 18.7 Å². The van der Waals surface area contributed by atoms with Gasteiger partial charge in [0.25, 0.3) is 5.91 Å². The second kappa shape index (κ2) is 8.36. The zero-order chi connectivity index (χ0) is 20.2. The van der Waals surface area contributed by atoms with E-state index in [0.717, 1.165) is 4.90 Å². The second-order valence-corrected chi connectivity index (χ2v) is 7.17. The van der Waals surface area contributed by atoms with E-state index in [1.807, 2.05) is 0 Å². The molecule has 7 nitrogen and oxygen atoms in total. The predicted molar refractivity (Wildman–Crippen MR) is 107 cm³/mol. The highest BCUT2D eigenvalue weighted by Crippen LogP contribution is 2.34. The molecule has 1 N–H and O–H groups in total. The number of rotatable bonds is 7. The summed E-state index contributed by atoms with van der Waals surface area (Å²) < 4.78 is 25.2. The normalized spacial score (nSPS) is 12.0. The van der Waals surface area contributed by atoms with Gasteiger partial charge < -0.3 is 14.8 Å². The Kier molecular flexibility index (Phi) is 5.48. The Bertz CT molecular complexity index is 1050. The quantitative estimate of drug-likeness (QED) is 0.469. The lowest BCUT2D eigenvalue weighted by atomic mass is 10.2. The van der Waals surface area contributed by atoms with Crippen molar-refractivity contribution in [3.05, 3.63) is 72.3 Å². The average Bonchev–Trinajstić information content (AvgIpc) is 3.34. The van der Waals surface area contributed by atoms with Crippen LogP contribution in [0.3, 0.4) is 0 Å². The first-order valence-corrected chi connectivity index (χ1v) is 9.75. The van der Waals surface area contributed by atoms with E-state index in [2.05, 4.69) is 22.2 Å². The van der Waals surface area contributed by atoms with Gasteiger partial charge in [0.15, 0.2) is 17.2 Å². The summed E-state index contributed by atoms with van der Waals surface area (Å²) in [6, 6.07) is 11.3. The lowest BCUT2D eigenvalue weighted by Crippen LogP contribution is -2.19. The molecule has 148 valence electrons. The summed E-state index contributed by atoms with van der Waals surface area (Å²) in [5.74, 6) is 0.984. The van der Waals surface area contributed by atoms with Crippen LogP contribution in [0, 0.1) is 5.82 Å². The third kappa shape index (κ3) is 4.24. The van der Waals surface area contributed by atoms with Crippen LogP contribution in [0.5, 0.6) is 11.5 Å². The number of anilines is 1. The van der Waals surface area contributed by atoms with Crippen molar-refractivity contribution in [2.75, 3.05) is 12.1 Å². The van der Waals surface area contributed by atoms with Gasteiger partial charge in [-0.1, -0.05) is 11.3 Å². The fourth-order valence-electron chi connectivity index (χ4n) is 2.79. The lowest BCUT2D eigenvalue weighted by molar-refractivity contribution is 0.101. The molecule has 1 aromatic heterocycles. The van der Waals surface area contributed by atoms with Crippen molar-refractivity contribution in [3.8, 4) is 11.5 Å². The van der Waals surface area contributed by atoms with Crippen LogP contribution in [0.4, 0.5) is 10.1 Å². The van der Waals surface area contributed by atoms with Gasteiger partial charge in [-0.3, -0.25) is 4.79 Å². The molecule has 2 aromatic carbocycles. The van der Waals surface area contributed by atoms with Crippen molar-refractivity contribution in [3.63, 3.8) is 0 Å². The van der Waals surface area contributed by atoms with Crippen molar-refractivity contribution in [1.29, 1.82) is 0 Å². The number of nitrogens with one attached hydrogen (secondary N) is 1. The Hall–Kier alpha value is -3.33. The molecular weight excluding hydrogens is 395 g/mol. The Morgan fingerprint density at radius 2 is 2.03 bits per heavy atom. The number of thioether (sulfide) groups is 1. The minimum Gasteiger partial charge on any atom is -0.454 e. The zero-order valence-corrected chi connectivity index (χ0v) is 16.1. The van der Waals surface area contributed by atoms with E-state index in [0.29, 0.717) is 40.9 Å². The average molecular weight is 412 g/mol. The molecule has 0 radical (unpaired) electrons. The fourth-order valence-corrected chi connectivity index (χ4v) is 3.62. The number of benzene rings is 2. The van der Waals surface area contributed by atoms with Gasteiger partial charge in [-0.05, 0) is 36.4 Å². The molecule has 0 saturated carbocycles. The fraction of sp³-hybridized carbons (Fsp3) is 0.150. The van der Waals surface area contributed by atoms with Crippen molar-refractivity contribution in [2.45, 2.75) is 17.2 Å². The number of carbonyl (C=O) groups excluding carboxylic acids is 1. The van der Waals surface area contributed by atoms with E-state index >= 15 is 0 Å². The van der Waals surface area contributed by atoms with E-state index in [-0.39, 0.29) is 18.5 Å². The maximum Gasteiger partial charge on any atom is 0.275 e. The summed E-state index contributed by atoms with van der Waals surface area (Å²) in [4.78, 5) is 13.8. The summed E-state index contributed by atoms with van der Waals surface area (Å²) in [5, 5.41) is 11.1. The maximum atomic E-state index is 13.1. The van der Waals surface area contributed by atoms with Crippen LogP contribution in [-0.4, -0.2) is 27.7 Å². The summed E-state index contributed by atoms with van der Waals surface area (Å²) >= 11 is 1.44. The molecule has 0 saturated heterocycles. The SMILES string of the molecule is C=CCn1nnc(CSc2ccc(F)cc2)c1C(=O)Nc1ccc2c(c1)OCO2. The molecule has 9 heteroatoms. The molecule has 1 aliphatic heterocycles. The summed E-state index contributed by atoms with van der Waals surface area (Å²) in [7, 11) is 0. The van der Waals surface area contributed by atoms with E-state index in [1.165, 1.54) is 28.6 Å². The monoisotopic (exact) mass is 412 g/mol. The first kappa shape index (κ1) is 19.0. The molecule has 4 rings (SSSR count). The van der Waals surface area contributed by atoms with Crippen LogP contribution in [0.1, 0.15) is 16.2 Å². The zero-order valence-electron chi connectivity index (χ0n) is 15.3. The highest BCUT2D eigenvalue weighted by Gasteiger charge is 2.21. The van der Waals surface area contributed by atoms with Gasteiger partial charge in [-0.25, -0.2) is 9.07 Å². The minimum atomic E-state index is -0.342. The molecule has 29 heavy (non-hydrogen) atoms. The van der Waals surface area contributed by atoms with Crippen LogP contribution in [0.25, 0.3) is 0 Å². The topological polar surface area (TPSA) is 78.3 Å². The van der Waals surface area contributed by atoms with Crippen LogP contribution < -0.4 is 14.8 Å². The highest BCUT2D eigenvalue weighted by atomic mass is 32.2. The third-order valence-electron chi connectivity index (χ3n) is 4.14. The van der Waals surface area contributed by atoms with Gasteiger partial charge >= 0.3 is 0 Å². The first-order chi connectivity index (χ1) is 14.1. The van der Waals surface area contributed by atoms with E-state index in [4.69, 9.17) is 9.47 Å². The molecule has 0 spiro atoms. The number of aromatic nitrogens is 3. The van der Waals surface area contributed by atoms with Gasteiger partial charge in [0.05, 0.1) is 6.54 Å². The first-order valence-electron chi connectivity index (χ1n) is 8.76. The van der Waals surface area contributed by atoms with Gasteiger partial charge in [0, 0.05) is 22.4 Å². The van der Waals surface area contributed by atoms with E-state index in [9.17, 15) is 9.18 Å². The number of halogens is 1. The number of allylic oxidation sites excluding steroid dienone is 1. The molecule has 0 aliphatic carbocycles. The van der Waals surface area contributed by atoms with E-state index < -0.39 is 0 Å². The Morgan fingerprint density at radius 3 is 2.83 bits per heavy atom. The third-order valence-corrected chi connectivity index (χ3v) is 5.16. The van der Waals surface area contributed by atoms with Gasteiger partial charge in [0.1, 0.15) is 11.5 Å². The minimum absolute atomic E-state index is 0.160. The summed E-state index contributed by atoms with van der Waals surface area (Å²) in [6.07, 6.45) is 1.64. The molecular formula is C20H17FN4O3S. The Morgan fingerprint density at radius 1 is 1.24 bits per heavy atom. The summed E-state index contributed by atoms with van der Waals surface area (Å²) in [6.45, 7) is 4.20. The number of amides is 1. The highest BCUT2D eigenvalue weighted by molar-refractivity contribution is 7.98. The van der Waals surface area contributed by atoms with Gasteiger partial charge in [-0.15, -0.1) is 23.4 Å². The molecule has 1 aliphatic rings. The molecule has 0 fully saturated rings. The van der Waals surface area contributed by atoms with Crippen LogP contribution >= 0.6 is 11.8 Å². The second-order valence-electron chi connectivity index (χ2n) is 6.12. The van der Waals surface area contributed by atoms with Crippen molar-refractivity contribution >= 4 is 23.4 Å². The van der Waals surface area contributed by atoms with Crippen molar-refractivity contribution in [2.24, 2.45) is 0 Å². The number of fused-ring (bicyclic) bond motifs is 1. The van der Waals surface area contributed by atoms with Gasteiger partial charge in [-0.2, -0.15) is 0 Å². The Balaban J connectivity index is 1.54. The number of ether oxygens (including phenoxy) is 2. The number of hydrogen-bond acceptors (Lipinski definition) is 6. The van der Waals surface area contributed by atoms with E-state index in [1.54, 1.807) is 36.4 Å². The lowest BCUT2D eigenvalue weighted by Gasteiger charge is -2.09. The van der Waals surface area contributed by atoms with Crippen molar-refractivity contribution in [1.82, 2.24) is 15.0 Å². The Labute approximate surface area is 170 Å². The van der Waals surface area contributed by atoms with Crippen LogP contribution in [0.2, 0.25) is 0 Å². The molecule has 1 amide bonds. The number of hydrogen-bond donors (Lipinski definition) is 1. The molecule has 0 atom stereocenters. The molecule has 0 bridgehead atoms. The molecule has 3 aromatic rings. The van der Waals surface area contributed by atoms with Crippen LogP contribution in [0.15, 0.2) is 60.0 Å². The van der Waals surface area contributed by atoms with Crippen LogP contribution in [-0.2, 0) is 12.3 Å². The number of nitrogens with zero attached hydrogens (tertiary/aromatic N) is 3. The van der Waals surface area contributed by atoms with Gasteiger partial charge in [0.2, 0.25) is 6.79 Å². The largest absolute Gasteiger partial charge is 0.454 e. The summed E-state index contributed by atoms with van der Waals surface area (Å²) in [5.41, 5.74) is 1.44. The smallest absolute Gasteiger partial charge is 0.275 e. The molecule has 0 unspecified atom stereocenters. The maximum absolute atomic E-state index is 13.1. The standard InChI is InChI=1S/C20H17FN4O3S/c1-2-9-25-19(16(23-24-25)11-29-15-6-3-13(21)4-7-15)20(26)22-14-5-8-17-18(10-14)28-12-27-17/h2-8,10H,1,9,11-12H2,(H,22,26). The molecule has 2 heterocycles. The number of carbonyl (C=O) groups is 1.